The number of fused-ring (bicyclic) bond motifs is 1. The average Bonchev–Trinajstić information content (AvgIpc) is 2.74. The second-order valence-electron chi connectivity index (χ2n) is 10.8. The fourth-order valence-corrected chi connectivity index (χ4v) is 6.01. The molecule has 1 aromatic heterocycles. The third-order valence-electron chi connectivity index (χ3n) is 7.05. The zero-order valence-electron chi connectivity index (χ0n) is 22.6. The van der Waals surface area contributed by atoms with Crippen LogP contribution in [0.4, 0.5) is 0 Å². The summed E-state index contributed by atoms with van der Waals surface area (Å²) in [6, 6.07) is 10.3. The van der Waals surface area contributed by atoms with Crippen molar-refractivity contribution in [1.82, 2.24) is 0 Å². The first-order valence-electron chi connectivity index (χ1n) is 12.3. The van der Waals surface area contributed by atoms with E-state index in [4.69, 9.17) is 32.8 Å². The Morgan fingerprint density at radius 2 is 1.57 bits per heavy atom. The molecule has 2 atom stereocenters. The smallest absolute Gasteiger partial charge is 0.308 e. The number of carbonyl (C=O) groups is 1. The molecule has 0 fully saturated rings. The topological polar surface area (TPSA) is 141 Å². The Morgan fingerprint density at radius 1 is 1.00 bits per heavy atom. The standard InChI is InChI=1S/C27H36NO4.ClHO4/c1-9-30-27(31-10-2)23-19-13-11-12-16-28(19)24(26(27,7)8)22-20(32-17(3)29)15-14-18(21(22)23)25(4,5)6;2-1(3,4)5/h11-16,23-24H,9-10H2,1-8H3;(H,2,3,4,5)/q+1;/p-1. The zero-order chi connectivity index (χ0) is 28.0. The van der Waals surface area contributed by atoms with Gasteiger partial charge in [0.25, 0.3) is 0 Å². The van der Waals surface area contributed by atoms with Crippen LogP contribution < -0.4 is 27.9 Å². The van der Waals surface area contributed by atoms with E-state index in [9.17, 15) is 4.79 Å². The zero-order valence-corrected chi connectivity index (χ0v) is 23.4. The van der Waals surface area contributed by atoms with E-state index in [0.717, 1.165) is 11.3 Å². The fourth-order valence-electron chi connectivity index (χ4n) is 6.01. The molecule has 3 aliphatic rings. The summed E-state index contributed by atoms with van der Waals surface area (Å²) in [6.45, 7) is 17.7. The van der Waals surface area contributed by atoms with E-state index < -0.39 is 21.4 Å². The Kier molecular flexibility index (Phi) is 8.13. The van der Waals surface area contributed by atoms with Crippen LogP contribution in [0.25, 0.3) is 0 Å². The van der Waals surface area contributed by atoms with Crippen LogP contribution in [-0.2, 0) is 19.7 Å². The summed E-state index contributed by atoms with van der Waals surface area (Å²) in [4.78, 5) is 12.0. The lowest BCUT2D eigenvalue weighted by Crippen LogP contribution is -2.72. The van der Waals surface area contributed by atoms with E-state index in [1.165, 1.54) is 18.1 Å². The molecule has 37 heavy (non-hydrogen) atoms. The highest BCUT2D eigenvalue weighted by Gasteiger charge is 2.71. The number of nitrogens with zero attached hydrogens (tertiary/aromatic N) is 1. The maximum absolute atomic E-state index is 12.0. The Labute approximate surface area is 220 Å². The lowest BCUT2D eigenvalue weighted by Gasteiger charge is -2.58. The van der Waals surface area contributed by atoms with Crippen molar-refractivity contribution in [2.24, 2.45) is 5.41 Å². The van der Waals surface area contributed by atoms with Crippen LogP contribution >= 0.6 is 0 Å². The van der Waals surface area contributed by atoms with E-state index in [0.29, 0.717) is 19.0 Å². The molecule has 0 amide bonds. The van der Waals surface area contributed by atoms with Crippen LogP contribution in [0.2, 0.25) is 0 Å². The molecule has 0 saturated carbocycles. The van der Waals surface area contributed by atoms with Gasteiger partial charge in [0.2, 0.25) is 0 Å². The first kappa shape index (κ1) is 29.4. The molecule has 5 rings (SSSR count). The van der Waals surface area contributed by atoms with Crippen molar-refractivity contribution in [3.8, 4) is 5.75 Å². The number of carbonyl (C=O) groups excluding carboxylic acids is 1. The predicted octanol–water partition coefficient (Wildman–Crippen LogP) is 0.285. The quantitative estimate of drug-likeness (QED) is 0.229. The molecule has 3 heterocycles. The number of esters is 1. The summed E-state index contributed by atoms with van der Waals surface area (Å²) < 4.78 is 55.3. The van der Waals surface area contributed by atoms with Crippen molar-refractivity contribution < 1.29 is 52.5 Å². The van der Waals surface area contributed by atoms with Gasteiger partial charge < -0.3 is 14.2 Å². The normalized spacial score (nSPS) is 20.9. The fraction of sp³-hybridized carbons (Fsp3) is 0.556. The number of halogens is 1. The Bertz CT molecular complexity index is 1140. The highest BCUT2D eigenvalue weighted by Crippen LogP contribution is 2.64. The Hall–Kier alpha value is -2.11. The lowest BCUT2D eigenvalue weighted by molar-refractivity contribution is -2.00. The monoisotopic (exact) mass is 537 g/mol. The number of hydrogen-bond acceptors (Lipinski definition) is 8. The summed E-state index contributed by atoms with van der Waals surface area (Å²) >= 11 is 0. The number of pyridine rings is 1. The molecule has 0 spiro atoms. The molecular formula is C27H36ClNO8. The van der Waals surface area contributed by atoms with Crippen molar-refractivity contribution in [2.75, 3.05) is 13.2 Å². The van der Waals surface area contributed by atoms with Crippen molar-refractivity contribution in [2.45, 2.75) is 78.6 Å². The number of benzene rings is 1. The molecule has 2 bridgehead atoms. The van der Waals surface area contributed by atoms with E-state index in [1.807, 2.05) is 19.9 Å². The third-order valence-corrected chi connectivity index (χ3v) is 7.05. The number of ether oxygens (including phenoxy) is 3. The molecule has 0 N–H and O–H groups in total. The number of hydrogen-bond donors (Lipinski definition) is 0. The molecule has 1 aliphatic carbocycles. The second kappa shape index (κ2) is 10.2. The van der Waals surface area contributed by atoms with E-state index in [2.05, 4.69) is 69.6 Å². The van der Waals surface area contributed by atoms with Crippen molar-refractivity contribution >= 4 is 5.97 Å². The van der Waals surface area contributed by atoms with Crippen molar-refractivity contribution in [1.29, 1.82) is 0 Å². The Balaban J connectivity index is 0.000000695. The summed E-state index contributed by atoms with van der Waals surface area (Å²) in [5.41, 5.74) is 4.10. The third kappa shape index (κ3) is 5.27. The molecule has 0 saturated heterocycles. The van der Waals surface area contributed by atoms with Crippen LogP contribution in [0.5, 0.6) is 5.75 Å². The number of aromatic nitrogens is 1. The maximum Gasteiger partial charge on any atom is 0.308 e. The lowest BCUT2D eigenvalue weighted by atomic mass is 9.55. The van der Waals surface area contributed by atoms with Crippen molar-refractivity contribution in [3.05, 3.63) is 58.9 Å². The minimum absolute atomic E-state index is 0.107. The maximum atomic E-state index is 12.0. The van der Waals surface area contributed by atoms with Gasteiger partial charge in [-0.1, -0.05) is 32.9 Å². The average molecular weight is 538 g/mol. The van der Waals surface area contributed by atoms with E-state index >= 15 is 0 Å². The molecule has 10 heteroatoms. The van der Waals surface area contributed by atoms with Gasteiger partial charge in [0.1, 0.15) is 11.7 Å². The summed E-state index contributed by atoms with van der Waals surface area (Å²) in [6.07, 6.45) is 2.13. The largest absolute Gasteiger partial charge is 0.426 e. The van der Waals surface area contributed by atoms with Gasteiger partial charge in [-0.3, -0.25) is 4.79 Å². The second-order valence-corrected chi connectivity index (χ2v) is 11.5. The highest BCUT2D eigenvalue weighted by atomic mass is 35.7. The van der Waals surface area contributed by atoms with Crippen LogP contribution in [0, 0.1) is 15.7 Å². The van der Waals surface area contributed by atoms with E-state index in [-0.39, 0.29) is 23.3 Å². The molecule has 0 radical (unpaired) electrons. The number of rotatable bonds is 5. The van der Waals surface area contributed by atoms with Gasteiger partial charge in [-0.05, 0) is 50.3 Å². The van der Waals surface area contributed by atoms with E-state index in [1.54, 1.807) is 0 Å². The van der Waals surface area contributed by atoms with Crippen LogP contribution in [0.15, 0.2) is 36.5 Å². The van der Waals surface area contributed by atoms with Gasteiger partial charge in [-0.2, -0.15) is 4.57 Å². The van der Waals surface area contributed by atoms with Gasteiger partial charge in [-0.15, -0.1) is 10.2 Å². The molecule has 2 unspecified atom stereocenters. The predicted molar refractivity (Wildman–Crippen MR) is 123 cm³/mol. The van der Waals surface area contributed by atoms with Gasteiger partial charge in [0.05, 0.1) is 11.0 Å². The van der Waals surface area contributed by atoms with Gasteiger partial charge in [0, 0.05) is 32.3 Å². The highest BCUT2D eigenvalue weighted by molar-refractivity contribution is 5.71. The molecule has 2 aliphatic heterocycles. The molecule has 9 nitrogen and oxygen atoms in total. The van der Waals surface area contributed by atoms with Crippen LogP contribution in [-0.4, -0.2) is 25.0 Å². The first-order valence-corrected chi connectivity index (χ1v) is 13.5. The minimum atomic E-state index is -4.94. The van der Waals surface area contributed by atoms with Gasteiger partial charge >= 0.3 is 5.97 Å². The van der Waals surface area contributed by atoms with Crippen LogP contribution in [0.3, 0.4) is 0 Å². The summed E-state index contributed by atoms with van der Waals surface area (Å²) in [5, 5.41) is 0. The molecular weight excluding hydrogens is 502 g/mol. The molecule has 1 aromatic carbocycles. The molecule has 204 valence electrons. The molecule has 2 aromatic rings. The van der Waals surface area contributed by atoms with Crippen LogP contribution in [0.1, 0.15) is 89.7 Å². The van der Waals surface area contributed by atoms with Gasteiger partial charge in [0.15, 0.2) is 23.7 Å². The van der Waals surface area contributed by atoms with Crippen molar-refractivity contribution in [3.63, 3.8) is 0 Å². The first-order chi connectivity index (χ1) is 17.0. The summed E-state index contributed by atoms with van der Waals surface area (Å²) in [7, 11) is -4.94. The SMILES string of the molecule is CCOC1(OCC)C2c3c(C(C)(C)C)ccc(OC(C)=O)c3C([n+]3ccccc32)C1(C)C.[O-][Cl+3]([O-])([O-])[O-]. The Morgan fingerprint density at radius 3 is 2.05 bits per heavy atom. The van der Waals surface area contributed by atoms with Gasteiger partial charge in [-0.25, -0.2) is 18.6 Å². The summed E-state index contributed by atoms with van der Waals surface area (Å²) in [5.74, 6) is -0.686. The minimum Gasteiger partial charge on any atom is -0.426 e.